The molecule has 0 saturated carbocycles. The number of ether oxygens (including phenoxy) is 3. The van der Waals surface area contributed by atoms with E-state index in [9.17, 15) is 4.79 Å². The molecule has 2 N–H and O–H groups in total. The molecule has 0 aromatic heterocycles. The van der Waals surface area contributed by atoms with Gasteiger partial charge in [-0.15, -0.1) is 0 Å². The number of hydrogen-bond donors (Lipinski definition) is 2. The molecular formula is C28H28N2O4S. The SMILES string of the molecule is CCOc1cc([C@@H]2NC(=S)NC(c3ccccc3)=C2C(=O)OC)ccc1OCc1ccc(C)cc1. The zero-order valence-electron chi connectivity index (χ0n) is 20.0. The number of methoxy groups -OCH3 is 1. The summed E-state index contributed by atoms with van der Waals surface area (Å²) in [7, 11) is 1.37. The first-order valence-electron chi connectivity index (χ1n) is 11.4. The highest BCUT2D eigenvalue weighted by Crippen LogP contribution is 2.37. The van der Waals surface area contributed by atoms with E-state index in [2.05, 4.69) is 29.7 Å². The third-order valence-electron chi connectivity index (χ3n) is 5.66. The maximum absolute atomic E-state index is 12.9. The molecule has 1 aliphatic rings. The topological polar surface area (TPSA) is 68.8 Å². The van der Waals surface area contributed by atoms with E-state index in [0.29, 0.717) is 41.1 Å². The Labute approximate surface area is 210 Å². The summed E-state index contributed by atoms with van der Waals surface area (Å²) < 4.78 is 17.1. The Morgan fingerprint density at radius 3 is 2.40 bits per heavy atom. The van der Waals surface area contributed by atoms with E-state index in [0.717, 1.165) is 16.7 Å². The molecule has 0 unspecified atom stereocenters. The van der Waals surface area contributed by atoms with Crippen LogP contribution in [-0.2, 0) is 16.1 Å². The van der Waals surface area contributed by atoms with Gasteiger partial charge in [-0.1, -0.05) is 66.2 Å². The Bertz CT molecular complexity index is 1240. The number of carbonyl (C=O) groups is 1. The molecule has 180 valence electrons. The number of nitrogens with one attached hydrogen (secondary N) is 2. The highest BCUT2D eigenvalue weighted by Gasteiger charge is 2.33. The van der Waals surface area contributed by atoms with Crippen LogP contribution in [0.3, 0.4) is 0 Å². The van der Waals surface area contributed by atoms with Gasteiger partial charge in [0.25, 0.3) is 0 Å². The van der Waals surface area contributed by atoms with Gasteiger partial charge < -0.3 is 24.8 Å². The molecule has 0 fully saturated rings. The molecule has 3 aromatic rings. The molecule has 1 atom stereocenters. The molecule has 0 saturated heterocycles. The van der Waals surface area contributed by atoms with Crippen LogP contribution in [0.1, 0.15) is 35.2 Å². The predicted octanol–water partition coefficient (Wildman–Crippen LogP) is 5.08. The Kier molecular flexibility index (Phi) is 7.67. The number of aryl methyl sites for hydroxylation is 1. The number of rotatable bonds is 8. The number of benzene rings is 3. The highest BCUT2D eigenvalue weighted by molar-refractivity contribution is 7.80. The van der Waals surface area contributed by atoms with E-state index in [1.165, 1.54) is 12.7 Å². The molecule has 6 nitrogen and oxygen atoms in total. The van der Waals surface area contributed by atoms with Crippen molar-refractivity contribution in [3.63, 3.8) is 0 Å². The minimum absolute atomic E-state index is 0.416. The van der Waals surface area contributed by atoms with Gasteiger partial charge in [-0.05, 0) is 54.9 Å². The third-order valence-corrected chi connectivity index (χ3v) is 5.88. The summed E-state index contributed by atoms with van der Waals surface area (Å²) in [6.45, 7) is 4.86. The van der Waals surface area contributed by atoms with Crippen molar-refractivity contribution in [3.05, 3.63) is 101 Å². The zero-order valence-corrected chi connectivity index (χ0v) is 20.8. The minimum atomic E-state index is -0.531. The second-order valence-corrected chi connectivity index (χ2v) is 8.50. The normalized spacial score (nSPS) is 15.2. The smallest absolute Gasteiger partial charge is 0.338 e. The van der Waals surface area contributed by atoms with Crippen LogP contribution in [0.4, 0.5) is 0 Å². The van der Waals surface area contributed by atoms with Crippen molar-refractivity contribution in [2.75, 3.05) is 13.7 Å². The lowest BCUT2D eigenvalue weighted by Crippen LogP contribution is -2.45. The monoisotopic (exact) mass is 488 g/mol. The minimum Gasteiger partial charge on any atom is -0.490 e. The maximum Gasteiger partial charge on any atom is 0.338 e. The summed E-state index contributed by atoms with van der Waals surface area (Å²) in [4.78, 5) is 12.9. The van der Waals surface area contributed by atoms with Crippen LogP contribution in [0.2, 0.25) is 0 Å². The van der Waals surface area contributed by atoms with E-state index < -0.39 is 12.0 Å². The van der Waals surface area contributed by atoms with Crippen LogP contribution in [0, 0.1) is 6.92 Å². The summed E-state index contributed by atoms with van der Waals surface area (Å²) in [6.07, 6.45) is 0. The molecule has 0 radical (unpaired) electrons. The molecular weight excluding hydrogens is 460 g/mol. The van der Waals surface area contributed by atoms with Gasteiger partial charge in [-0.2, -0.15) is 0 Å². The van der Waals surface area contributed by atoms with Crippen molar-refractivity contribution in [2.24, 2.45) is 0 Å². The Morgan fingerprint density at radius 1 is 0.971 bits per heavy atom. The Hall–Kier alpha value is -3.84. The van der Waals surface area contributed by atoms with Gasteiger partial charge in [-0.25, -0.2) is 4.79 Å². The summed E-state index contributed by atoms with van der Waals surface area (Å²) in [5, 5.41) is 6.77. The van der Waals surface area contributed by atoms with Crippen molar-refractivity contribution in [1.29, 1.82) is 0 Å². The standard InChI is InChI=1S/C28H28N2O4S/c1-4-33-23-16-21(14-15-22(23)34-17-19-12-10-18(2)11-13-19)26-24(27(31)32-3)25(29-28(35)30-26)20-8-6-5-7-9-20/h5-16,26H,4,17H2,1-3H3,(H2,29,30,35)/t26-/m0/s1. The molecule has 35 heavy (non-hydrogen) atoms. The van der Waals surface area contributed by atoms with E-state index in [1.54, 1.807) is 0 Å². The fraction of sp³-hybridized carbons (Fsp3) is 0.214. The average Bonchev–Trinajstić information content (AvgIpc) is 2.88. The van der Waals surface area contributed by atoms with Gasteiger partial charge in [0.15, 0.2) is 16.6 Å². The average molecular weight is 489 g/mol. The molecule has 0 aliphatic carbocycles. The summed E-state index contributed by atoms with van der Waals surface area (Å²) in [5.41, 5.74) is 4.95. The van der Waals surface area contributed by atoms with E-state index in [1.807, 2.05) is 67.6 Å². The molecule has 3 aromatic carbocycles. The molecule has 7 heteroatoms. The van der Waals surface area contributed by atoms with E-state index in [4.69, 9.17) is 26.4 Å². The van der Waals surface area contributed by atoms with Crippen LogP contribution in [-0.4, -0.2) is 24.8 Å². The molecule has 0 spiro atoms. The van der Waals surface area contributed by atoms with Crippen LogP contribution in [0.15, 0.2) is 78.4 Å². The molecule has 0 amide bonds. The van der Waals surface area contributed by atoms with Gasteiger partial charge in [0.05, 0.1) is 31.0 Å². The van der Waals surface area contributed by atoms with Crippen molar-refractivity contribution in [1.82, 2.24) is 10.6 Å². The van der Waals surface area contributed by atoms with Crippen LogP contribution >= 0.6 is 12.2 Å². The second kappa shape index (κ2) is 11.1. The zero-order chi connectivity index (χ0) is 24.8. The van der Waals surface area contributed by atoms with Crippen LogP contribution in [0.5, 0.6) is 11.5 Å². The van der Waals surface area contributed by atoms with Gasteiger partial charge in [-0.3, -0.25) is 0 Å². The first-order chi connectivity index (χ1) is 17.0. The summed E-state index contributed by atoms with van der Waals surface area (Å²) >= 11 is 5.49. The molecule has 4 rings (SSSR count). The lowest BCUT2D eigenvalue weighted by atomic mass is 9.92. The first kappa shape index (κ1) is 24.3. The van der Waals surface area contributed by atoms with E-state index in [-0.39, 0.29) is 0 Å². The third kappa shape index (κ3) is 5.63. The first-order valence-corrected chi connectivity index (χ1v) is 11.8. The Morgan fingerprint density at radius 2 is 1.71 bits per heavy atom. The summed E-state index contributed by atoms with van der Waals surface area (Å²) in [6, 6.07) is 22.9. The summed E-state index contributed by atoms with van der Waals surface area (Å²) in [5.74, 6) is 0.766. The van der Waals surface area contributed by atoms with Gasteiger partial charge >= 0.3 is 5.97 Å². The number of esters is 1. The maximum atomic E-state index is 12.9. The predicted molar refractivity (Wildman–Crippen MR) is 140 cm³/mol. The number of hydrogen-bond acceptors (Lipinski definition) is 5. The van der Waals surface area contributed by atoms with Crippen molar-refractivity contribution in [3.8, 4) is 11.5 Å². The van der Waals surface area contributed by atoms with Crippen LogP contribution < -0.4 is 20.1 Å². The lowest BCUT2D eigenvalue weighted by molar-refractivity contribution is -0.136. The fourth-order valence-electron chi connectivity index (χ4n) is 3.91. The van der Waals surface area contributed by atoms with Gasteiger partial charge in [0.2, 0.25) is 0 Å². The lowest BCUT2D eigenvalue weighted by Gasteiger charge is -2.31. The Balaban J connectivity index is 1.71. The number of thiocarbonyl (C=S) groups is 1. The molecule has 1 heterocycles. The second-order valence-electron chi connectivity index (χ2n) is 8.09. The van der Waals surface area contributed by atoms with Crippen molar-refractivity contribution < 1.29 is 19.0 Å². The fourth-order valence-corrected chi connectivity index (χ4v) is 4.13. The van der Waals surface area contributed by atoms with Crippen molar-refractivity contribution in [2.45, 2.75) is 26.5 Å². The van der Waals surface area contributed by atoms with Gasteiger partial charge in [0, 0.05) is 0 Å². The van der Waals surface area contributed by atoms with E-state index >= 15 is 0 Å². The number of carbonyl (C=O) groups excluding carboxylic acids is 1. The highest BCUT2D eigenvalue weighted by atomic mass is 32.1. The quantitative estimate of drug-likeness (QED) is 0.339. The van der Waals surface area contributed by atoms with Gasteiger partial charge in [0.1, 0.15) is 6.61 Å². The van der Waals surface area contributed by atoms with Crippen molar-refractivity contribution >= 4 is 29.0 Å². The molecule has 1 aliphatic heterocycles. The largest absolute Gasteiger partial charge is 0.490 e. The van der Waals surface area contributed by atoms with Crippen LogP contribution in [0.25, 0.3) is 5.70 Å². The molecule has 0 bridgehead atoms.